The summed E-state index contributed by atoms with van der Waals surface area (Å²) in [5, 5.41) is 6.46. The molecule has 6 heteroatoms. The van der Waals surface area contributed by atoms with E-state index in [1.54, 1.807) is 19.1 Å². The van der Waals surface area contributed by atoms with Gasteiger partial charge < -0.3 is 10.6 Å². The van der Waals surface area contributed by atoms with Crippen LogP contribution in [-0.2, 0) is 0 Å². The Hall–Kier alpha value is -1.88. The highest BCUT2D eigenvalue weighted by Gasteiger charge is 2.06. The fraction of sp³-hybridized carbons (Fsp3) is 0.231. The van der Waals surface area contributed by atoms with Crippen LogP contribution in [0.1, 0.15) is 12.5 Å². The molecule has 2 rings (SSSR count). The lowest BCUT2D eigenvalue weighted by molar-refractivity contribution is 0.619. The highest BCUT2D eigenvalue weighted by atomic mass is 35.5. The van der Waals surface area contributed by atoms with Gasteiger partial charge in [0.05, 0.1) is 6.20 Å². The monoisotopic (exact) mass is 280 g/mol. The first-order valence-corrected chi connectivity index (χ1v) is 6.27. The van der Waals surface area contributed by atoms with Crippen LogP contribution in [0.3, 0.4) is 0 Å². The van der Waals surface area contributed by atoms with Crippen molar-refractivity contribution in [1.29, 1.82) is 0 Å². The maximum absolute atomic E-state index is 13.2. The Bertz CT molecular complexity index is 589. The molecule has 0 aliphatic rings. The summed E-state index contributed by atoms with van der Waals surface area (Å²) in [7, 11) is 0. The standard InChI is InChI=1S/C13H14ClFN4/c1-3-16-13-17-7-10(14)12(19-13)18-9-4-5-11(15)8(2)6-9/h4-7H,3H2,1-2H3,(H2,16,17,18,19). The van der Waals surface area contributed by atoms with Gasteiger partial charge in [0.25, 0.3) is 0 Å². The van der Waals surface area contributed by atoms with Crippen molar-refractivity contribution in [2.45, 2.75) is 13.8 Å². The van der Waals surface area contributed by atoms with Crippen LogP contribution in [0.15, 0.2) is 24.4 Å². The molecular formula is C13H14ClFN4. The quantitative estimate of drug-likeness (QED) is 0.895. The summed E-state index contributed by atoms with van der Waals surface area (Å²) < 4.78 is 13.2. The van der Waals surface area contributed by atoms with E-state index in [4.69, 9.17) is 11.6 Å². The summed E-state index contributed by atoms with van der Waals surface area (Å²) in [6, 6.07) is 4.73. The van der Waals surface area contributed by atoms with Gasteiger partial charge in [0, 0.05) is 12.2 Å². The summed E-state index contributed by atoms with van der Waals surface area (Å²) in [6.45, 7) is 4.37. The second kappa shape index (κ2) is 5.84. The summed E-state index contributed by atoms with van der Waals surface area (Å²) in [6.07, 6.45) is 1.52. The Morgan fingerprint density at radius 2 is 2.16 bits per heavy atom. The zero-order valence-corrected chi connectivity index (χ0v) is 11.4. The molecule has 0 fully saturated rings. The summed E-state index contributed by atoms with van der Waals surface area (Å²) in [5.41, 5.74) is 1.28. The van der Waals surface area contributed by atoms with Gasteiger partial charge in [-0.15, -0.1) is 0 Å². The number of aryl methyl sites for hydroxylation is 1. The smallest absolute Gasteiger partial charge is 0.224 e. The molecule has 0 bridgehead atoms. The Labute approximate surface area is 116 Å². The molecule has 1 aromatic carbocycles. The van der Waals surface area contributed by atoms with Crippen LogP contribution in [-0.4, -0.2) is 16.5 Å². The molecule has 0 amide bonds. The van der Waals surface area contributed by atoms with E-state index in [1.165, 1.54) is 12.3 Å². The van der Waals surface area contributed by atoms with E-state index in [2.05, 4.69) is 20.6 Å². The zero-order valence-electron chi connectivity index (χ0n) is 10.7. The van der Waals surface area contributed by atoms with Crippen LogP contribution in [0, 0.1) is 12.7 Å². The summed E-state index contributed by atoms with van der Waals surface area (Å²) >= 11 is 6.03. The molecule has 0 aliphatic carbocycles. The van der Waals surface area contributed by atoms with Crippen molar-refractivity contribution in [3.63, 3.8) is 0 Å². The Morgan fingerprint density at radius 3 is 2.84 bits per heavy atom. The van der Waals surface area contributed by atoms with Gasteiger partial charge in [0.1, 0.15) is 10.8 Å². The van der Waals surface area contributed by atoms with E-state index in [-0.39, 0.29) is 5.82 Å². The van der Waals surface area contributed by atoms with Gasteiger partial charge >= 0.3 is 0 Å². The lowest BCUT2D eigenvalue weighted by atomic mass is 10.2. The fourth-order valence-corrected chi connectivity index (χ4v) is 1.70. The number of benzene rings is 1. The minimum absolute atomic E-state index is 0.243. The van der Waals surface area contributed by atoms with E-state index in [1.807, 2.05) is 6.92 Å². The van der Waals surface area contributed by atoms with E-state index < -0.39 is 0 Å². The predicted molar refractivity (Wildman–Crippen MR) is 75.6 cm³/mol. The number of nitrogens with zero attached hydrogens (tertiary/aromatic N) is 2. The molecule has 4 nitrogen and oxygen atoms in total. The van der Waals surface area contributed by atoms with Crippen molar-refractivity contribution < 1.29 is 4.39 Å². The van der Waals surface area contributed by atoms with E-state index >= 15 is 0 Å². The molecule has 2 aromatic rings. The topological polar surface area (TPSA) is 49.8 Å². The van der Waals surface area contributed by atoms with Crippen molar-refractivity contribution in [2.24, 2.45) is 0 Å². The second-order valence-electron chi connectivity index (χ2n) is 4.01. The molecule has 19 heavy (non-hydrogen) atoms. The largest absolute Gasteiger partial charge is 0.354 e. The lowest BCUT2D eigenvalue weighted by Crippen LogP contribution is -2.04. The van der Waals surface area contributed by atoms with Crippen molar-refractivity contribution in [3.05, 3.63) is 40.8 Å². The molecule has 1 heterocycles. The Kier molecular flexibility index (Phi) is 4.16. The molecule has 100 valence electrons. The summed E-state index contributed by atoms with van der Waals surface area (Å²) in [4.78, 5) is 8.30. The molecule has 2 N–H and O–H groups in total. The average molecular weight is 281 g/mol. The average Bonchev–Trinajstić information content (AvgIpc) is 2.38. The normalized spacial score (nSPS) is 10.3. The van der Waals surface area contributed by atoms with Crippen LogP contribution in [0.4, 0.5) is 21.8 Å². The maximum atomic E-state index is 13.2. The molecule has 0 spiro atoms. The number of anilines is 3. The molecule has 0 saturated carbocycles. The van der Waals surface area contributed by atoms with Crippen molar-refractivity contribution in [3.8, 4) is 0 Å². The van der Waals surface area contributed by atoms with Gasteiger partial charge in [0.15, 0.2) is 5.82 Å². The van der Waals surface area contributed by atoms with E-state index in [0.29, 0.717) is 22.4 Å². The van der Waals surface area contributed by atoms with Gasteiger partial charge in [0.2, 0.25) is 5.95 Å². The molecular weight excluding hydrogens is 267 g/mol. The highest BCUT2D eigenvalue weighted by molar-refractivity contribution is 6.32. The van der Waals surface area contributed by atoms with Crippen LogP contribution >= 0.6 is 11.6 Å². The molecule has 1 aromatic heterocycles. The van der Waals surface area contributed by atoms with Gasteiger partial charge in [-0.1, -0.05) is 11.6 Å². The van der Waals surface area contributed by atoms with E-state index in [0.717, 1.165) is 12.2 Å². The van der Waals surface area contributed by atoms with Crippen LogP contribution in [0.2, 0.25) is 5.02 Å². The Balaban J connectivity index is 2.26. The van der Waals surface area contributed by atoms with Crippen molar-refractivity contribution in [1.82, 2.24) is 9.97 Å². The molecule has 0 atom stereocenters. The van der Waals surface area contributed by atoms with Crippen LogP contribution < -0.4 is 10.6 Å². The van der Waals surface area contributed by atoms with Gasteiger partial charge in [-0.05, 0) is 37.6 Å². The van der Waals surface area contributed by atoms with Gasteiger partial charge in [-0.25, -0.2) is 9.37 Å². The number of hydrogen-bond donors (Lipinski definition) is 2. The number of halogens is 2. The third kappa shape index (κ3) is 3.32. The molecule has 0 unspecified atom stereocenters. The minimum atomic E-state index is -0.243. The first-order valence-electron chi connectivity index (χ1n) is 5.89. The van der Waals surface area contributed by atoms with Gasteiger partial charge in [-0.2, -0.15) is 4.98 Å². The number of hydrogen-bond acceptors (Lipinski definition) is 4. The highest BCUT2D eigenvalue weighted by Crippen LogP contribution is 2.24. The fourth-order valence-electron chi connectivity index (χ4n) is 1.56. The van der Waals surface area contributed by atoms with Crippen LogP contribution in [0.5, 0.6) is 0 Å². The molecule has 0 aliphatic heterocycles. The molecule has 0 radical (unpaired) electrons. The first-order chi connectivity index (χ1) is 9.10. The van der Waals surface area contributed by atoms with Crippen molar-refractivity contribution in [2.75, 3.05) is 17.2 Å². The third-order valence-electron chi connectivity index (χ3n) is 2.50. The maximum Gasteiger partial charge on any atom is 0.224 e. The SMILES string of the molecule is CCNc1ncc(Cl)c(Nc2ccc(F)c(C)c2)n1. The summed E-state index contributed by atoms with van der Waals surface area (Å²) in [5.74, 6) is 0.736. The third-order valence-corrected chi connectivity index (χ3v) is 2.78. The number of nitrogens with one attached hydrogen (secondary N) is 2. The predicted octanol–water partition coefficient (Wildman–Crippen LogP) is 3.75. The van der Waals surface area contributed by atoms with Gasteiger partial charge in [-0.3, -0.25) is 0 Å². The van der Waals surface area contributed by atoms with Crippen molar-refractivity contribution >= 4 is 29.1 Å². The zero-order chi connectivity index (χ0) is 13.8. The lowest BCUT2D eigenvalue weighted by Gasteiger charge is -2.10. The van der Waals surface area contributed by atoms with Crippen LogP contribution in [0.25, 0.3) is 0 Å². The van der Waals surface area contributed by atoms with E-state index in [9.17, 15) is 4.39 Å². The minimum Gasteiger partial charge on any atom is -0.354 e. The second-order valence-corrected chi connectivity index (χ2v) is 4.42. The Morgan fingerprint density at radius 1 is 1.37 bits per heavy atom. The molecule has 0 saturated heterocycles. The number of aromatic nitrogens is 2. The number of rotatable bonds is 4. The first kappa shape index (κ1) is 13.5.